The van der Waals surface area contributed by atoms with E-state index in [4.69, 9.17) is 32.7 Å². The molecule has 0 aromatic heterocycles. The van der Waals surface area contributed by atoms with Crippen LogP contribution in [0.25, 0.3) is 11.1 Å². The van der Waals surface area contributed by atoms with E-state index in [0.717, 1.165) is 17.7 Å². The quantitative estimate of drug-likeness (QED) is 0.299. The molecular formula is C29H28Cl2F3NO3. The van der Waals surface area contributed by atoms with Gasteiger partial charge in [0.05, 0.1) is 12.7 Å². The molecule has 2 atom stereocenters. The van der Waals surface area contributed by atoms with E-state index in [1.165, 1.54) is 18.1 Å². The summed E-state index contributed by atoms with van der Waals surface area (Å²) in [6.07, 6.45) is -5.32. The van der Waals surface area contributed by atoms with E-state index in [-0.39, 0.29) is 18.5 Å². The highest BCUT2D eigenvalue weighted by molar-refractivity contribution is 6.34. The second-order valence-electron chi connectivity index (χ2n) is 9.77. The zero-order chi connectivity index (χ0) is 27.8. The van der Waals surface area contributed by atoms with Crippen LogP contribution >= 0.6 is 23.2 Å². The SMILES string of the molecule is COc1ccc(C(C)C)cc1-c1ccc(C(F)(F)F)cc1CN1C(=O)O[C@H](c2cc(Cl)cc(Cl)c2)C[C@H]1C. The number of cyclic esters (lactones) is 1. The Bertz CT molecular complexity index is 1320. The van der Waals surface area contributed by atoms with Crippen molar-refractivity contribution in [2.45, 2.75) is 58.0 Å². The molecule has 0 radical (unpaired) electrons. The Kier molecular flexibility index (Phi) is 8.19. The Morgan fingerprint density at radius 1 is 1.03 bits per heavy atom. The maximum Gasteiger partial charge on any atom is 0.416 e. The molecule has 38 heavy (non-hydrogen) atoms. The van der Waals surface area contributed by atoms with Gasteiger partial charge in [0.15, 0.2) is 0 Å². The highest BCUT2D eigenvalue weighted by Gasteiger charge is 2.36. The summed E-state index contributed by atoms with van der Waals surface area (Å²) in [4.78, 5) is 14.6. The van der Waals surface area contributed by atoms with Crippen LogP contribution in [0.15, 0.2) is 54.6 Å². The first kappa shape index (κ1) is 28.1. The first-order chi connectivity index (χ1) is 17.9. The van der Waals surface area contributed by atoms with Gasteiger partial charge >= 0.3 is 12.3 Å². The molecule has 1 aliphatic heterocycles. The summed E-state index contributed by atoms with van der Waals surface area (Å²) in [5.74, 6) is 0.731. The number of halogens is 5. The fourth-order valence-corrected chi connectivity index (χ4v) is 5.23. The lowest BCUT2D eigenvalue weighted by Crippen LogP contribution is -2.44. The fraction of sp³-hybridized carbons (Fsp3) is 0.345. The summed E-state index contributed by atoms with van der Waals surface area (Å²) in [7, 11) is 1.52. The number of hydrogen-bond donors (Lipinski definition) is 0. The second-order valence-corrected chi connectivity index (χ2v) is 10.6. The fourth-order valence-electron chi connectivity index (χ4n) is 4.68. The molecule has 3 aromatic carbocycles. The highest BCUT2D eigenvalue weighted by Crippen LogP contribution is 2.40. The smallest absolute Gasteiger partial charge is 0.416 e. The molecule has 0 saturated carbocycles. The van der Waals surface area contributed by atoms with E-state index in [1.807, 2.05) is 39.0 Å². The summed E-state index contributed by atoms with van der Waals surface area (Å²) in [5, 5.41) is 0.842. The Morgan fingerprint density at radius 3 is 2.29 bits per heavy atom. The predicted molar refractivity (Wildman–Crippen MR) is 143 cm³/mol. The van der Waals surface area contributed by atoms with Gasteiger partial charge in [-0.25, -0.2) is 4.79 Å². The van der Waals surface area contributed by atoms with Gasteiger partial charge in [-0.15, -0.1) is 0 Å². The van der Waals surface area contributed by atoms with Crippen LogP contribution in [0.2, 0.25) is 10.0 Å². The molecule has 0 N–H and O–H groups in total. The molecule has 1 aliphatic rings. The van der Waals surface area contributed by atoms with E-state index >= 15 is 0 Å². The molecule has 0 aliphatic carbocycles. The number of benzene rings is 3. The number of amides is 1. The molecule has 4 rings (SSSR count). The number of methoxy groups -OCH3 is 1. The monoisotopic (exact) mass is 565 g/mol. The average Bonchev–Trinajstić information content (AvgIpc) is 2.84. The van der Waals surface area contributed by atoms with E-state index in [1.54, 1.807) is 18.2 Å². The molecule has 0 spiro atoms. The van der Waals surface area contributed by atoms with Gasteiger partial charge in [0.1, 0.15) is 11.9 Å². The molecule has 0 bridgehead atoms. The van der Waals surface area contributed by atoms with Crippen molar-refractivity contribution in [3.63, 3.8) is 0 Å². The molecule has 1 amide bonds. The number of hydrogen-bond acceptors (Lipinski definition) is 3. The van der Waals surface area contributed by atoms with Gasteiger partial charge in [-0.3, -0.25) is 0 Å². The topological polar surface area (TPSA) is 38.8 Å². The van der Waals surface area contributed by atoms with Crippen LogP contribution in [-0.2, 0) is 17.5 Å². The Balaban J connectivity index is 1.72. The third-order valence-corrected chi connectivity index (χ3v) is 7.21. The number of carbonyl (C=O) groups is 1. The van der Waals surface area contributed by atoms with E-state index < -0.39 is 23.9 Å². The van der Waals surface area contributed by atoms with Crippen LogP contribution in [0.4, 0.5) is 18.0 Å². The van der Waals surface area contributed by atoms with Crippen molar-refractivity contribution in [1.29, 1.82) is 0 Å². The van der Waals surface area contributed by atoms with Crippen molar-refractivity contribution in [3.05, 3.63) is 86.9 Å². The number of alkyl halides is 3. The van der Waals surface area contributed by atoms with Crippen LogP contribution in [0.3, 0.4) is 0 Å². The lowest BCUT2D eigenvalue weighted by molar-refractivity contribution is -0.137. The second kappa shape index (κ2) is 11.1. The van der Waals surface area contributed by atoms with Gasteiger partial charge in [0.2, 0.25) is 0 Å². The van der Waals surface area contributed by atoms with Gasteiger partial charge in [0, 0.05) is 34.6 Å². The largest absolute Gasteiger partial charge is 0.496 e. The van der Waals surface area contributed by atoms with Crippen LogP contribution in [0, 0.1) is 0 Å². The van der Waals surface area contributed by atoms with Gasteiger partial charge in [-0.1, -0.05) is 49.2 Å². The van der Waals surface area contributed by atoms with E-state index in [0.29, 0.717) is 44.5 Å². The summed E-state index contributed by atoms with van der Waals surface area (Å²) in [6.45, 7) is 5.84. The molecular weight excluding hydrogens is 538 g/mol. The summed E-state index contributed by atoms with van der Waals surface area (Å²) in [6, 6.07) is 13.9. The zero-order valence-electron chi connectivity index (χ0n) is 21.4. The minimum absolute atomic E-state index is 0.0721. The molecule has 1 heterocycles. The molecule has 3 aromatic rings. The Labute approximate surface area is 230 Å². The summed E-state index contributed by atoms with van der Waals surface area (Å²) in [5.41, 5.74) is 2.44. The number of rotatable bonds is 6. The number of ether oxygens (including phenoxy) is 2. The van der Waals surface area contributed by atoms with Crippen molar-refractivity contribution < 1.29 is 27.4 Å². The lowest BCUT2D eigenvalue weighted by Gasteiger charge is -2.38. The van der Waals surface area contributed by atoms with Gasteiger partial charge in [0.25, 0.3) is 0 Å². The molecule has 1 fully saturated rings. The van der Waals surface area contributed by atoms with Gasteiger partial charge < -0.3 is 14.4 Å². The minimum atomic E-state index is -4.54. The van der Waals surface area contributed by atoms with Crippen molar-refractivity contribution in [3.8, 4) is 16.9 Å². The number of carbonyl (C=O) groups excluding carboxylic acids is 1. The van der Waals surface area contributed by atoms with Gasteiger partial charge in [-0.2, -0.15) is 13.2 Å². The summed E-state index contributed by atoms with van der Waals surface area (Å²) >= 11 is 12.2. The van der Waals surface area contributed by atoms with Crippen molar-refractivity contribution in [2.75, 3.05) is 7.11 Å². The normalized spacial score (nSPS) is 18.1. The zero-order valence-corrected chi connectivity index (χ0v) is 22.9. The maximum absolute atomic E-state index is 13.7. The van der Waals surface area contributed by atoms with Crippen molar-refractivity contribution in [1.82, 2.24) is 4.90 Å². The third kappa shape index (κ3) is 6.05. The van der Waals surface area contributed by atoms with Gasteiger partial charge in [-0.05, 0) is 77.6 Å². The maximum atomic E-state index is 13.7. The number of nitrogens with zero attached hydrogens (tertiary/aromatic N) is 1. The van der Waals surface area contributed by atoms with Crippen molar-refractivity contribution >= 4 is 29.3 Å². The molecule has 0 unspecified atom stereocenters. The average molecular weight is 566 g/mol. The van der Waals surface area contributed by atoms with Crippen LogP contribution < -0.4 is 4.74 Å². The molecule has 202 valence electrons. The lowest BCUT2D eigenvalue weighted by atomic mass is 9.92. The summed E-state index contributed by atoms with van der Waals surface area (Å²) < 4.78 is 52.4. The molecule has 4 nitrogen and oxygen atoms in total. The predicted octanol–water partition coefficient (Wildman–Crippen LogP) is 9.28. The minimum Gasteiger partial charge on any atom is -0.496 e. The molecule has 9 heteroatoms. The van der Waals surface area contributed by atoms with Crippen LogP contribution in [0.1, 0.15) is 61.5 Å². The first-order valence-corrected chi connectivity index (χ1v) is 12.9. The Morgan fingerprint density at radius 2 is 1.71 bits per heavy atom. The Hall–Kier alpha value is -2.90. The molecule has 1 saturated heterocycles. The van der Waals surface area contributed by atoms with E-state index in [2.05, 4.69) is 0 Å². The van der Waals surface area contributed by atoms with Crippen LogP contribution in [-0.4, -0.2) is 24.1 Å². The van der Waals surface area contributed by atoms with Crippen molar-refractivity contribution in [2.24, 2.45) is 0 Å². The first-order valence-electron chi connectivity index (χ1n) is 12.2. The van der Waals surface area contributed by atoms with Crippen LogP contribution in [0.5, 0.6) is 5.75 Å². The highest BCUT2D eigenvalue weighted by atomic mass is 35.5. The third-order valence-electron chi connectivity index (χ3n) is 6.78. The van der Waals surface area contributed by atoms with E-state index in [9.17, 15) is 18.0 Å². The standard InChI is InChI=1S/C29H28Cl2F3NO3/c1-16(2)18-5-8-26(37-4)25(13-18)24-7-6-21(29(32,33)34)10-20(24)15-35-17(3)9-27(38-28(35)36)19-11-22(30)14-23(31)12-19/h5-8,10-14,16-17,27H,9,15H2,1-4H3/t17-,27+/m1/s1.